The number of aromatic nitrogens is 2. The van der Waals surface area contributed by atoms with Gasteiger partial charge in [-0.05, 0) is 44.2 Å². The maximum absolute atomic E-state index is 12.5. The van der Waals surface area contributed by atoms with E-state index in [9.17, 15) is 4.79 Å². The maximum Gasteiger partial charge on any atom is 0.271 e. The Labute approximate surface area is 148 Å². The lowest BCUT2D eigenvalue weighted by Crippen LogP contribution is -2.25. The Balaban J connectivity index is 1.96. The quantitative estimate of drug-likeness (QED) is 0.753. The van der Waals surface area contributed by atoms with Crippen LogP contribution in [0.5, 0.6) is 0 Å². The second-order valence-electron chi connectivity index (χ2n) is 6.51. The number of amides is 1. The van der Waals surface area contributed by atoms with E-state index in [2.05, 4.69) is 21.8 Å². The van der Waals surface area contributed by atoms with Crippen molar-refractivity contribution in [2.75, 3.05) is 6.54 Å². The largest absolute Gasteiger partial charge is 0.351 e. The third-order valence-electron chi connectivity index (χ3n) is 4.50. The Bertz CT molecular complexity index is 734. The number of halogens is 1. The van der Waals surface area contributed by atoms with Crippen LogP contribution in [0.3, 0.4) is 0 Å². The number of imidazole rings is 1. The SMILES string of the molecule is CCCCNC(=O)c1nc(-c2ccccc2Cl)n(CC2CC2)c1C. The van der Waals surface area contributed by atoms with Crippen LogP contribution in [0.25, 0.3) is 11.4 Å². The molecule has 1 amide bonds. The number of hydrogen-bond acceptors (Lipinski definition) is 2. The zero-order chi connectivity index (χ0) is 17.1. The van der Waals surface area contributed by atoms with E-state index in [0.717, 1.165) is 36.5 Å². The van der Waals surface area contributed by atoms with Crippen molar-refractivity contribution in [2.24, 2.45) is 5.92 Å². The van der Waals surface area contributed by atoms with Crippen LogP contribution >= 0.6 is 11.6 Å². The molecule has 1 aromatic heterocycles. The molecule has 0 aliphatic heterocycles. The van der Waals surface area contributed by atoms with Gasteiger partial charge in [-0.15, -0.1) is 0 Å². The van der Waals surface area contributed by atoms with Crippen LogP contribution in [-0.2, 0) is 6.54 Å². The minimum Gasteiger partial charge on any atom is -0.351 e. The van der Waals surface area contributed by atoms with E-state index in [1.165, 1.54) is 12.8 Å². The van der Waals surface area contributed by atoms with E-state index in [0.29, 0.717) is 23.2 Å². The van der Waals surface area contributed by atoms with E-state index >= 15 is 0 Å². The van der Waals surface area contributed by atoms with Gasteiger partial charge in [0, 0.05) is 24.3 Å². The minimum absolute atomic E-state index is 0.0937. The first-order valence-corrected chi connectivity index (χ1v) is 9.09. The third kappa shape index (κ3) is 3.64. The van der Waals surface area contributed by atoms with Crippen LogP contribution in [0.2, 0.25) is 5.02 Å². The summed E-state index contributed by atoms with van der Waals surface area (Å²) in [5.74, 6) is 1.39. The van der Waals surface area contributed by atoms with Gasteiger partial charge in [-0.3, -0.25) is 4.79 Å². The number of benzene rings is 1. The molecule has 1 fully saturated rings. The highest BCUT2D eigenvalue weighted by Crippen LogP contribution is 2.35. The molecule has 0 bridgehead atoms. The van der Waals surface area contributed by atoms with Gasteiger partial charge < -0.3 is 9.88 Å². The van der Waals surface area contributed by atoms with Crippen LogP contribution in [-0.4, -0.2) is 22.0 Å². The van der Waals surface area contributed by atoms with E-state index in [1.807, 2.05) is 31.2 Å². The summed E-state index contributed by atoms with van der Waals surface area (Å²) in [4.78, 5) is 17.2. The van der Waals surface area contributed by atoms with E-state index in [-0.39, 0.29) is 5.91 Å². The molecule has 0 radical (unpaired) electrons. The lowest BCUT2D eigenvalue weighted by molar-refractivity contribution is 0.0948. The molecule has 0 saturated heterocycles. The summed E-state index contributed by atoms with van der Waals surface area (Å²) in [6, 6.07) is 7.69. The first-order valence-electron chi connectivity index (χ1n) is 8.72. The van der Waals surface area contributed by atoms with E-state index in [4.69, 9.17) is 11.6 Å². The van der Waals surface area contributed by atoms with Gasteiger partial charge in [0.05, 0.1) is 5.02 Å². The van der Waals surface area contributed by atoms with Crippen LogP contribution < -0.4 is 5.32 Å². The summed E-state index contributed by atoms with van der Waals surface area (Å²) < 4.78 is 2.16. The van der Waals surface area contributed by atoms with Crippen molar-refractivity contribution < 1.29 is 4.79 Å². The zero-order valence-electron chi connectivity index (χ0n) is 14.3. The zero-order valence-corrected chi connectivity index (χ0v) is 15.1. The molecule has 128 valence electrons. The fraction of sp³-hybridized carbons (Fsp3) is 0.474. The summed E-state index contributed by atoms with van der Waals surface area (Å²) in [6.45, 7) is 5.68. The fourth-order valence-electron chi connectivity index (χ4n) is 2.84. The molecule has 5 heteroatoms. The molecule has 0 unspecified atom stereocenters. The molecule has 1 aromatic carbocycles. The van der Waals surface area contributed by atoms with Crippen LogP contribution in [0.15, 0.2) is 24.3 Å². The van der Waals surface area contributed by atoms with Crippen molar-refractivity contribution in [2.45, 2.75) is 46.1 Å². The van der Waals surface area contributed by atoms with Gasteiger partial charge in [-0.2, -0.15) is 0 Å². The summed E-state index contributed by atoms with van der Waals surface area (Å²) in [5.41, 5.74) is 2.32. The summed E-state index contributed by atoms with van der Waals surface area (Å²) >= 11 is 6.37. The molecule has 0 spiro atoms. The summed E-state index contributed by atoms with van der Waals surface area (Å²) in [7, 11) is 0. The monoisotopic (exact) mass is 345 g/mol. The van der Waals surface area contributed by atoms with Gasteiger partial charge in [-0.25, -0.2) is 4.98 Å². The molecule has 1 aliphatic carbocycles. The van der Waals surface area contributed by atoms with Crippen molar-refractivity contribution in [1.29, 1.82) is 0 Å². The van der Waals surface area contributed by atoms with Gasteiger partial charge in [0.25, 0.3) is 5.91 Å². The second kappa shape index (κ2) is 7.39. The molecular weight excluding hydrogens is 322 g/mol. The van der Waals surface area contributed by atoms with Crippen molar-refractivity contribution in [3.8, 4) is 11.4 Å². The van der Waals surface area contributed by atoms with Crippen molar-refractivity contribution in [1.82, 2.24) is 14.9 Å². The number of hydrogen-bond donors (Lipinski definition) is 1. The van der Waals surface area contributed by atoms with Gasteiger partial charge in [-0.1, -0.05) is 37.1 Å². The molecule has 3 rings (SSSR count). The molecule has 1 heterocycles. The first kappa shape index (κ1) is 17.0. The number of carbonyl (C=O) groups excluding carboxylic acids is 1. The van der Waals surface area contributed by atoms with E-state index < -0.39 is 0 Å². The van der Waals surface area contributed by atoms with Crippen molar-refractivity contribution in [3.05, 3.63) is 40.7 Å². The molecule has 1 saturated carbocycles. The summed E-state index contributed by atoms with van der Waals surface area (Å²) in [6.07, 6.45) is 4.53. The first-order chi connectivity index (χ1) is 11.6. The number of nitrogens with zero attached hydrogens (tertiary/aromatic N) is 2. The van der Waals surface area contributed by atoms with Crippen LogP contribution in [0.1, 0.15) is 48.8 Å². The third-order valence-corrected chi connectivity index (χ3v) is 4.83. The Kier molecular flexibility index (Phi) is 5.24. The highest BCUT2D eigenvalue weighted by Gasteiger charge is 2.27. The predicted molar refractivity (Wildman–Crippen MR) is 97.4 cm³/mol. The van der Waals surface area contributed by atoms with Gasteiger partial charge in [0.1, 0.15) is 11.5 Å². The normalized spacial score (nSPS) is 14.0. The molecule has 2 aromatic rings. The topological polar surface area (TPSA) is 46.9 Å². The van der Waals surface area contributed by atoms with Crippen LogP contribution in [0, 0.1) is 12.8 Å². The lowest BCUT2D eigenvalue weighted by Gasteiger charge is -2.10. The average Bonchev–Trinajstić information content (AvgIpc) is 3.33. The van der Waals surface area contributed by atoms with Gasteiger partial charge >= 0.3 is 0 Å². The average molecular weight is 346 g/mol. The molecular formula is C19H24ClN3O. The summed E-state index contributed by atoms with van der Waals surface area (Å²) in [5, 5.41) is 3.63. The fourth-order valence-corrected chi connectivity index (χ4v) is 3.06. The standard InChI is InChI=1S/C19H24ClN3O/c1-3-4-11-21-19(24)17-13(2)23(12-14-9-10-14)18(22-17)15-7-5-6-8-16(15)20/h5-8,14H,3-4,9-12H2,1-2H3,(H,21,24). The van der Waals surface area contributed by atoms with E-state index in [1.54, 1.807) is 0 Å². The van der Waals surface area contributed by atoms with Crippen molar-refractivity contribution in [3.63, 3.8) is 0 Å². The predicted octanol–water partition coefficient (Wildman–Crippen LogP) is 4.45. The van der Waals surface area contributed by atoms with Gasteiger partial charge in [0.2, 0.25) is 0 Å². The molecule has 1 N–H and O–H groups in total. The Hall–Kier alpha value is -1.81. The molecule has 1 aliphatic rings. The molecule has 0 atom stereocenters. The minimum atomic E-state index is -0.0937. The lowest BCUT2D eigenvalue weighted by atomic mass is 10.2. The Morgan fingerprint density at radius 2 is 2.12 bits per heavy atom. The van der Waals surface area contributed by atoms with Gasteiger partial charge in [0.15, 0.2) is 0 Å². The van der Waals surface area contributed by atoms with Crippen molar-refractivity contribution >= 4 is 17.5 Å². The van der Waals surface area contributed by atoms with Crippen LogP contribution in [0.4, 0.5) is 0 Å². The number of carbonyl (C=O) groups is 1. The smallest absolute Gasteiger partial charge is 0.271 e. The Morgan fingerprint density at radius 1 is 1.38 bits per heavy atom. The highest BCUT2D eigenvalue weighted by molar-refractivity contribution is 6.33. The second-order valence-corrected chi connectivity index (χ2v) is 6.92. The molecule has 4 nitrogen and oxygen atoms in total. The number of nitrogens with one attached hydrogen (secondary N) is 1. The number of unbranched alkanes of at least 4 members (excludes halogenated alkanes) is 1. The highest BCUT2D eigenvalue weighted by atomic mass is 35.5. The maximum atomic E-state index is 12.5. The Morgan fingerprint density at radius 3 is 2.79 bits per heavy atom. The number of rotatable bonds is 7. The molecule has 24 heavy (non-hydrogen) atoms.